The summed E-state index contributed by atoms with van der Waals surface area (Å²) in [5, 5.41) is 39.6. The van der Waals surface area contributed by atoms with Gasteiger partial charge in [0, 0.05) is 13.1 Å². The van der Waals surface area contributed by atoms with Gasteiger partial charge in [-0.05, 0) is 44.4 Å². The van der Waals surface area contributed by atoms with Gasteiger partial charge in [0.1, 0.15) is 0 Å². The summed E-state index contributed by atoms with van der Waals surface area (Å²) in [6.45, 7) is 0.230. The predicted molar refractivity (Wildman–Crippen MR) is 106 cm³/mol. The lowest BCUT2D eigenvalue weighted by atomic mass is 9.73. The van der Waals surface area contributed by atoms with Crippen LogP contribution in [0.5, 0.6) is 0 Å². The molecule has 2 rings (SSSR count). The molecule has 2 saturated carbocycles. The molecule has 2 fully saturated rings. The van der Waals surface area contributed by atoms with E-state index in [1.165, 1.54) is 0 Å². The number of carbonyl (C=O) groups is 5. The fourth-order valence-corrected chi connectivity index (χ4v) is 4.58. The highest BCUT2D eigenvalue weighted by molar-refractivity contribution is 5.86. The number of carboxylic acids is 4. The first-order chi connectivity index (χ1) is 15.1. The molecule has 12 heteroatoms. The Hall–Kier alpha value is -2.73. The quantitative estimate of drug-likeness (QED) is 0.180. The summed E-state index contributed by atoms with van der Waals surface area (Å²) in [5.74, 6) is -9.04. The first-order valence-corrected chi connectivity index (χ1v) is 10.6. The first-order valence-electron chi connectivity index (χ1n) is 10.6. The number of carbonyl (C=O) groups excluding carboxylic acids is 1. The van der Waals surface area contributed by atoms with Crippen LogP contribution >= 0.6 is 0 Å². The lowest BCUT2D eigenvalue weighted by molar-refractivity contribution is -0.154. The molecule has 6 atom stereocenters. The van der Waals surface area contributed by atoms with E-state index in [1.807, 2.05) is 0 Å². The number of aliphatic carboxylic acids is 4. The third kappa shape index (κ3) is 6.89. The van der Waals surface area contributed by atoms with Crippen LogP contribution in [0.3, 0.4) is 0 Å². The van der Waals surface area contributed by atoms with Gasteiger partial charge >= 0.3 is 23.9 Å². The van der Waals surface area contributed by atoms with Crippen LogP contribution in [-0.4, -0.2) is 69.9 Å². The van der Waals surface area contributed by atoms with Gasteiger partial charge in [0.05, 0.1) is 36.2 Å². The third-order valence-corrected chi connectivity index (χ3v) is 6.43. The smallest absolute Gasteiger partial charge is 0.307 e. The third-order valence-electron chi connectivity index (χ3n) is 6.43. The second-order valence-corrected chi connectivity index (χ2v) is 8.45. The van der Waals surface area contributed by atoms with E-state index in [2.05, 4.69) is 10.8 Å². The zero-order valence-corrected chi connectivity index (χ0v) is 17.6. The van der Waals surface area contributed by atoms with Gasteiger partial charge < -0.3 is 30.6 Å². The van der Waals surface area contributed by atoms with Crippen molar-refractivity contribution in [3.8, 4) is 0 Å². The molecule has 0 saturated heterocycles. The van der Waals surface area contributed by atoms with Gasteiger partial charge in [-0.25, -0.2) is 5.48 Å². The van der Waals surface area contributed by atoms with Crippen LogP contribution in [-0.2, 0) is 28.8 Å². The Bertz CT molecular complexity index is 727. The Kier molecular flexibility index (Phi) is 9.39. The number of carboxylic acid groups (broad SMARTS) is 4. The molecule has 2 aliphatic carbocycles. The fraction of sp³-hybridized carbons (Fsp3) is 0.750. The van der Waals surface area contributed by atoms with Gasteiger partial charge in [-0.3, -0.25) is 24.0 Å². The SMILES string of the molecule is O=C(O)C1CCC(C(=O)O)C(CONCCNC(=O)C2CC(C(=O)O)CCC2C(=O)O)C1. The number of hydroxylamine groups is 1. The van der Waals surface area contributed by atoms with E-state index in [9.17, 15) is 34.2 Å². The van der Waals surface area contributed by atoms with Crippen molar-refractivity contribution in [2.75, 3.05) is 19.7 Å². The van der Waals surface area contributed by atoms with E-state index >= 15 is 0 Å². The van der Waals surface area contributed by atoms with Gasteiger partial charge in [-0.1, -0.05) is 0 Å². The molecule has 12 nitrogen and oxygen atoms in total. The maximum absolute atomic E-state index is 12.4. The largest absolute Gasteiger partial charge is 0.481 e. The standard InChI is InChI=1S/C20H30N2O10/c23-16(15-8-11(18(26)27)2-4-14(15)20(30)31)21-5-6-22-32-9-12-7-10(17(24)25)1-3-13(12)19(28)29/h10-15,22H,1-9H2,(H,21,23)(H,24,25)(H,26,27)(H,28,29)(H,30,31). The van der Waals surface area contributed by atoms with E-state index < -0.39 is 65.3 Å². The van der Waals surface area contributed by atoms with Crippen molar-refractivity contribution in [1.29, 1.82) is 0 Å². The van der Waals surface area contributed by atoms with E-state index in [0.29, 0.717) is 6.42 Å². The van der Waals surface area contributed by atoms with Crippen LogP contribution in [0.2, 0.25) is 0 Å². The predicted octanol–water partition coefficient (Wildman–Crippen LogP) is 0.0272. The molecule has 6 unspecified atom stereocenters. The molecular weight excluding hydrogens is 428 g/mol. The normalized spacial score (nSPS) is 30.2. The van der Waals surface area contributed by atoms with Crippen molar-refractivity contribution in [2.24, 2.45) is 35.5 Å². The molecule has 0 bridgehead atoms. The first kappa shape index (κ1) is 25.5. The summed E-state index contributed by atoms with van der Waals surface area (Å²) in [7, 11) is 0. The van der Waals surface area contributed by atoms with Crippen molar-refractivity contribution >= 4 is 29.8 Å². The summed E-state index contributed by atoms with van der Waals surface area (Å²) < 4.78 is 0. The molecule has 0 spiro atoms. The maximum Gasteiger partial charge on any atom is 0.307 e. The topological polar surface area (TPSA) is 200 Å². The molecule has 1 amide bonds. The van der Waals surface area contributed by atoms with Crippen molar-refractivity contribution in [3.05, 3.63) is 0 Å². The minimum Gasteiger partial charge on any atom is -0.481 e. The molecule has 0 aromatic heterocycles. The molecule has 180 valence electrons. The zero-order chi connectivity index (χ0) is 23.8. The van der Waals surface area contributed by atoms with Crippen molar-refractivity contribution < 1.29 is 49.2 Å². The van der Waals surface area contributed by atoms with Gasteiger partial charge in [-0.15, -0.1) is 0 Å². The van der Waals surface area contributed by atoms with E-state index in [4.69, 9.17) is 15.1 Å². The Morgan fingerprint density at radius 1 is 0.688 bits per heavy atom. The molecule has 0 aromatic carbocycles. The molecule has 0 aromatic rings. The Labute approximate surface area is 184 Å². The van der Waals surface area contributed by atoms with Crippen molar-refractivity contribution in [2.45, 2.75) is 38.5 Å². The minimum atomic E-state index is -1.13. The average Bonchev–Trinajstić information content (AvgIpc) is 2.74. The highest BCUT2D eigenvalue weighted by Gasteiger charge is 2.41. The Morgan fingerprint density at radius 2 is 1.25 bits per heavy atom. The van der Waals surface area contributed by atoms with E-state index in [-0.39, 0.29) is 51.8 Å². The number of rotatable bonds is 11. The molecular formula is C20H30N2O10. The van der Waals surface area contributed by atoms with Crippen molar-refractivity contribution in [1.82, 2.24) is 10.8 Å². The number of hydrogen-bond acceptors (Lipinski definition) is 7. The van der Waals surface area contributed by atoms with Crippen LogP contribution < -0.4 is 10.8 Å². The molecule has 0 aliphatic heterocycles. The number of hydrogen-bond donors (Lipinski definition) is 6. The van der Waals surface area contributed by atoms with E-state index in [0.717, 1.165) is 0 Å². The lowest BCUT2D eigenvalue weighted by Gasteiger charge is -2.32. The average molecular weight is 458 g/mol. The molecule has 32 heavy (non-hydrogen) atoms. The van der Waals surface area contributed by atoms with Gasteiger partial charge in [-0.2, -0.15) is 0 Å². The summed E-state index contributed by atoms with van der Waals surface area (Å²) >= 11 is 0. The van der Waals surface area contributed by atoms with Crippen LogP contribution in [0.25, 0.3) is 0 Å². The summed E-state index contributed by atoms with van der Waals surface area (Å²) in [4.78, 5) is 62.9. The summed E-state index contributed by atoms with van der Waals surface area (Å²) in [5.41, 5.74) is 2.59. The summed E-state index contributed by atoms with van der Waals surface area (Å²) in [6, 6.07) is 0. The van der Waals surface area contributed by atoms with Gasteiger partial charge in [0.2, 0.25) is 5.91 Å². The molecule has 0 heterocycles. The zero-order valence-electron chi connectivity index (χ0n) is 17.6. The van der Waals surface area contributed by atoms with Crippen LogP contribution in [0, 0.1) is 35.5 Å². The van der Waals surface area contributed by atoms with Crippen molar-refractivity contribution in [3.63, 3.8) is 0 Å². The second kappa shape index (κ2) is 11.8. The Morgan fingerprint density at radius 3 is 1.81 bits per heavy atom. The number of amides is 1. The fourth-order valence-electron chi connectivity index (χ4n) is 4.58. The van der Waals surface area contributed by atoms with Gasteiger partial charge in [0.15, 0.2) is 0 Å². The summed E-state index contributed by atoms with van der Waals surface area (Å²) in [6.07, 6.45) is 1.07. The highest BCUT2D eigenvalue weighted by Crippen LogP contribution is 2.35. The Balaban J connectivity index is 1.75. The number of nitrogens with one attached hydrogen (secondary N) is 2. The highest BCUT2D eigenvalue weighted by atomic mass is 16.6. The van der Waals surface area contributed by atoms with Crippen LogP contribution in [0.1, 0.15) is 38.5 Å². The molecule has 6 N–H and O–H groups in total. The monoisotopic (exact) mass is 458 g/mol. The molecule has 0 radical (unpaired) electrons. The van der Waals surface area contributed by atoms with Gasteiger partial charge in [0.25, 0.3) is 0 Å². The lowest BCUT2D eigenvalue weighted by Crippen LogP contribution is -2.44. The van der Waals surface area contributed by atoms with E-state index in [1.54, 1.807) is 0 Å². The minimum absolute atomic E-state index is 0.00129. The second-order valence-electron chi connectivity index (χ2n) is 8.45. The maximum atomic E-state index is 12.4. The van der Waals surface area contributed by atoms with Crippen LogP contribution in [0.4, 0.5) is 0 Å². The molecule has 2 aliphatic rings. The van der Waals surface area contributed by atoms with Crippen LogP contribution in [0.15, 0.2) is 0 Å².